The molecule has 112 heavy (non-hydrogen) atoms. The molecule has 11 bridgehead atoms. The van der Waals surface area contributed by atoms with Crippen LogP contribution in [0.25, 0.3) is 11.1 Å². The number of aliphatic hydroxyl groups excluding tert-OH is 6. The lowest BCUT2D eigenvalue weighted by atomic mass is 9.86. The summed E-state index contributed by atoms with van der Waals surface area (Å²) in [7, 11) is 3.92. The molecule has 0 spiro atoms. The van der Waals surface area contributed by atoms with Gasteiger partial charge in [0.1, 0.15) is 95.5 Å². The highest BCUT2D eigenvalue weighted by molar-refractivity contribution is 6.32. The van der Waals surface area contributed by atoms with Gasteiger partial charge in [-0.25, -0.2) is 0 Å². The van der Waals surface area contributed by atoms with Crippen LogP contribution in [-0.4, -0.2) is 224 Å². The third kappa shape index (κ3) is 17.7. The number of hydrogen-bond donors (Lipinski definition) is 20. The van der Waals surface area contributed by atoms with Crippen LogP contribution in [0.15, 0.2) is 84.9 Å². The number of halogens is 1. The van der Waals surface area contributed by atoms with Gasteiger partial charge in [-0.3, -0.25) is 38.4 Å². The fourth-order valence-corrected chi connectivity index (χ4v) is 14.7. The van der Waals surface area contributed by atoms with E-state index in [1.807, 2.05) is 13.8 Å². The minimum Gasteiger partial charge on any atom is -0.508 e. The first-order valence-corrected chi connectivity index (χ1v) is 36.6. The van der Waals surface area contributed by atoms with Crippen LogP contribution in [0.4, 0.5) is 0 Å². The number of carbonyl (C=O) groups excluding carboxylic acids is 8. The number of nitrogens with two attached hydrogens (primary N) is 2. The van der Waals surface area contributed by atoms with E-state index < -0.39 is 239 Å². The number of amides is 8. The average Bonchev–Trinajstić information content (AvgIpc) is 0.764. The summed E-state index contributed by atoms with van der Waals surface area (Å²) in [5, 5.41) is 127. The first-order chi connectivity index (χ1) is 52.9. The summed E-state index contributed by atoms with van der Waals surface area (Å²) in [5.74, 6) is -13.5. The Balaban J connectivity index is 1.19. The molecular formula is C75H94ClN11O25. The third-order valence-electron chi connectivity index (χ3n) is 20.6. The van der Waals surface area contributed by atoms with E-state index >= 15 is 24.0 Å². The van der Waals surface area contributed by atoms with Crippen molar-refractivity contribution in [1.29, 1.82) is 0 Å². The summed E-state index contributed by atoms with van der Waals surface area (Å²) in [5.41, 5.74) is 8.52. The van der Waals surface area contributed by atoms with Gasteiger partial charge >= 0.3 is 0 Å². The molecular weight excluding hydrogens is 1490 g/mol. The Hall–Kier alpha value is -9.61. The minimum absolute atomic E-state index is 0.0140. The van der Waals surface area contributed by atoms with E-state index in [1.54, 1.807) is 0 Å². The zero-order chi connectivity index (χ0) is 81.4. The molecule has 9 unspecified atom stereocenters. The maximum absolute atomic E-state index is 16.5. The number of likely N-dealkylation sites (N-methyl/N-ethyl adjacent to an activating group) is 2. The molecule has 5 aromatic carbocycles. The van der Waals surface area contributed by atoms with Crippen LogP contribution in [0.5, 0.6) is 46.0 Å². The van der Waals surface area contributed by atoms with Gasteiger partial charge in [0, 0.05) is 55.2 Å². The predicted octanol–water partition coefficient (Wildman–Crippen LogP) is -0.388. The monoisotopic (exact) mass is 1580 g/mol. The molecule has 5 aromatic rings. The zero-order valence-corrected chi connectivity index (χ0v) is 63.1. The van der Waals surface area contributed by atoms with Gasteiger partial charge in [-0.1, -0.05) is 49.7 Å². The number of phenolic OH excluding ortho intramolecular Hbond substituents is 3. The van der Waals surface area contributed by atoms with E-state index in [9.17, 15) is 60.3 Å². The van der Waals surface area contributed by atoms with E-state index in [2.05, 4.69) is 47.9 Å². The second-order valence-electron chi connectivity index (χ2n) is 29.6. The van der Waals surface area contributed by atoms with E-state index in [4.69, 9.17) is 61.0 Å². The van der Waals surface area contributed by atoms with Crippen molar-refractivity contribution in [3.05, 3.63) is 118 Å². The predicted molar refractivity (Wildman–Crippen MR) is 392 cm³/mol. The van der Waals surface area contributed by atoms with E-state index in [1.165, 1.54) is 91.3 Å². The number of fused-ring (bicyclic) bond motifs is 15. The van der Waals surface area contributed by atoms with Crippen molar-refractivity contribution in [2.75, 3.05) is 27.7 Å². The SMILES string of the molecule is CNC(=O)CC1NC(=O)C(NC(=O)C(CC(C)C)NC)C(O)c2ccc(c(Cl)c2)Oc2cc3cc(c2O[C@@H]2O[C@H](CO)[C@@H](O)[C@H](O)[C@H]2O[C@H]2C[C@](C)(N)[C@@H](O)[C@H](C)O2)Oc2ccc(cc2)C(O[C@H]2C[C@](C)(N)[C@@H](O)[C@H](C)O2)C2NC(=O)C(NC(=O)C3NC1=O)c1ccc(O)c(c1)-c1c(O)cc(O)cc1C(C(=O)NC)NC2=O. The molecule has 36 nitrogen and oxygen atoms in total. The number of aromatic hydroxyl groups is 3. The molecule has 3 saturated heterocycles. The van der Waals surface area contributed by atoms with Crippen LogP contribution in [0.2, 0.25) is 5.02 Å². The molecule has 0 aliphatic carbocycles. The maximum atomic E-state index is 16.5. The van der Waals surface area contributed by atoms with Crippen LogP contribution in [0.3, 0.4) is 0 Å². The summed E-state index contributed by atoms with van der Waals surface area (Å²) < 4.78 is 52.0. The summed E-state index contributed by atoms with van der Waals surface area (Å²) >= 11 is 7.17. The lowest BCUT2D eigenvalue weighted by Crippen LogP contribution is -2.64. The molecule has 22 atom stereocenters. The van der Waals surface area contributed by atoms with Crippen LogP contribution in [0.1, 0.15) is 125 Å². The highest BCUT2D eigenvalue weighted by Crippen LogP contribution is 2.50. The molecule has 606 valence electrons. The van der Waals surface area contributed by atoms with Crippen molar-refractivity contribution < 1.29 is 122 Å². The van der Waals surface area contributed by atoms with E-state index in [-0.39, 0.29) is 69.5 Å². The minimum atomic E-state index is -2.30. The Morgan fingerprint density at radius 3 is 1.87 bits per heavy atom. The highest BCUT2D eigenvalue weighted by Gasteiger charge is 2.52. The second kappa shape index (κ2) is 34.0. The normalized spacial score (nSPS) is 31.8. The lowest BCUT2D eigenvalue weighted by Gasteiger charge is -2.47. The first-order valence-electron chi connectivity index (χ1n) is 36.2. The molecule has 8 aliphatic rings. The largest absolute Gasteiger partial charge is 0.508 e. The summed E-state index contributed by atoms with van der Waals surface area (Å²) in [6.07, 6.45) is -21.9. The lowest BCUT2D eigenvalue weighted by molar-refractivity contribution is -0.333. The Morgan fingerprint density at radius 1 is 0.652 bits per heavy atom. The first kappa shape index (κ1) is 83.3. The Bertz CT molecular complexity index is 4390. The van der Waals surface area contributed by atoms with Crippen molar-refractivity contribution >= 4 is 58.9 Å². The zero-order valence-electron chi connectivity index (χ0n) is 62.3. The molecule has 0 saturated carbocycles. The van der Waals surface area contributed by atoms with Gasteiger partial charge in [0.05, 0.1) is 48.5 Å². The molecule has 8 aliphatic heterocycles. The number of benzene rings is 5. The number of aliphatic hydroxyl groups is 6. The van der Waals surface area contributed by atoms with Gasteiger partial charge in [0.2, 0.25) is 59.3 Å². The second-order valence-corrected chi connectivity index (χ2v) is 30.0. The molecule has 0 aromatic heterocycles. The van der Waals surface area contributed by atoms with Gasteiger partial charge < -0.3 is 143 Å². The van der Waals surface area contributed by atoms with Gasteiger partial charge in [0.25, 0.3) is 0 Å². The van der Waals surface area contributed by atoms with E-state index in [0.717, 1.165) is 42.5 Å². The van der Waals surface area contributed by atoms with Gasteiger partial charge in [-0.15, -0.1) is 0 Å². The smallest absolute Gasteiger partial charge is 0.248 e. The number of hydrogen-bond acceptors (Lipinski definition) is 28. The summed E-state index contributed by atoms with van der Waals surface area (Å²) in [6, 6.07) is 2.92. The molecule has 13 rings (SSSR count). The van der Waals surface area contributed by atoms with E-state index in [0.29, 0.717) is 0 Å². The topological polar surface area (TPSA) is 553 Å². The van der Waals surface area contributed by atoms with Crippen molar-refractivity contribution in [2.45, 2.75) is 201 Å². The Kier molecular flexibility index (Phi) is 25.3. The number of carbonyl (C=O) groups is 8. The van der Waals surface area contributed by atoms with Crippen LogP contribution in [0, 0.1) is 5.92 Å². The average molecular weight is 1590 g/mol. The van der Waals surface area contributed by atoms with Crippen LogP contribution < -0.4 is 73.5 Å². The number of nitrogens with one attached hydrogen (secondary N) is 9. The Morgan fingerprint density at radius 2 is 1.26 bits per heavy atom. The van der Waals surface area contributed by atoms with Crippen molar-refractivity contribution in [3.8, 4) is 57.1 Å². The van der Waals surface area contributed by atoms with Crippen molar-refractivity contribution in [1.82, 2.24) is 47.9 Å². The van der Waals surface area contributed by atoms with Gasteiger partial charge in [-0.05, 0) is 129 Å². The molecule has 3 fully saturated rings. The quantitative estimate of drug-likeness (QED) is 0.0635. The highest BCUT2D eigenvalue weighted by atomic mass is 35.5. The third-order valence-corrected chi connectivity index (χ3v) is 20.9. The number of phenols is 3. The van der Waals surface area contributed by atoms with Crippen molar-refractivity contribution in [2.24, 2.45) is 17.4 Å². The molecule has 8 heterocycles. The number of rotatable bonds is 15. The Labute approximate surface area is 646 Å². The van der Waals surface area contributed by atoms with Gasteiger partial charge in [-0.2, -0.15) is 0 Å². The van der Waals surface area contributed by atoms with Crippen LogP contribution >= 0.6 is 11.6 Å². The van der Waals surface area contributed by atoms with Crippen molar-refractivity contribution in [3.63, 3.8) is 0 Å². The molecule has 37 heteroatoms. The molecule has 22 N–H and O–H groups in total. The standard InChI is InChI=1S/C75H94ClN11O25/c1-29(2)18-41(79-7)66(98)86-56-58(93)34-13-17-45(40(76)20-34)108-47-22-35-21-46(62(47)112-73-63(60(95)59(94)48(28-88)109-73)111-51-27-75(6,78)65(97)31(4)106-51)107-37-14-10-32(11-15-37)61(110-50-26-74(5,77)64(96)30(3)105-50)57-72(104)85-55(68(100)81-9)39-23-36(89)24-44(91)52(39)38-19-33(12-16-43(38)90)53(69(101)87-57)84-70(102)54(35)83-67(99)42(82-71(56)103)25-49(92)80-8/h10-17,19-24,29-31,41-42,48,50-51,53-61,63-65,73,79,88-91,93-97H,18,25-28,77-78H2,1-9H3,(H,80,92)(H,81,100)(H,82,103)(H,83,99)(H,84,102)(H,85,104)(H,86,98)(H,87,101)/t30-,31-,41?,42?,48+,50-,51-,53?,54?,55?,56?,57?,58?,59+,60-,61?,63+,64-,65-,73-,74-,75-/m0/s1. The van der Waals surface area contributed by atoms with Crippen LogP contribution in [-0.2, 0) is 62.0 Å². The maximum Gasteiger partial charge on any atom is 0.248 e. The fourth-order valence-electron chi connectivity index (χ4n) is 14.5. The summed E-state index contributed by atoms with van der Waals surface area (Å²) in [4.78, 5) is 122. The fraction of sp³-hybridized carbons (Fsp3) is 0.493. The van der Waals surface area contributed by atoms with Gasteiger partial charge in [0.15, 0.2) is 30.2 Å². The molecule has 0 radical (unpaired) electrons. The molecule has 8 amide bonds. The summed E-state index contributed by atoms with van der Waals surface area (Å²) in [6.45, 7) is 8.78. The number of ether oxygens (including phenoxy) is 8.